The Bertz CT molecular complexity index is 916. The Morgan fingerprint density at radius 3 is 1.69 bits per heavy atom. The Morgan fingerprint density at radius 2 is 1.10 bits per heavy atom. The fourth-order valence-corrected chi connectivity index (χ4v) is 13.2. The summed E-state index contributed by atoms with van der Waals surface area (Å²) in [6.45, 7) is 14.3. The molecule has 0 bridgehead atoms. The van der Waals surface area contributed by atoms with E-state index in [2.05, 4.69) is 41.5 Å². The van der Waals surface area contributed by atoms with Gasteiger partial charge >= 0.3 is 0 Å². The van der Waals surface area contributed by atoms with Gasteiger partial charge in [-0.2, -0.15) is 0 Å². The molecular weight excluding hydrogens is 637 g/mol. The molecule has 52 heavy (non-hydrogen) atoms. The largest absolute Gasteiger partial charge is 0.393 e. The quantitative estimate of drug-likeness (QED) is 0.0981. The van der Waals surface area contributed by atoms with Gasteiger partial charge in [0.15, 0.2) is 0 Å². The van der Waals surface area contributed by atoms with Crippen molar-refractivity contribution in [1.29, 1.82) is 0 Å². The first-order chi connectivity index (χ1) is 25.1. The standard InChI is InChI=1S/C49H92O3/c1-7-10-22-41(38(6)46(50)29-28-36(4)32-43(47(51)27-11-8-2)40-25-17-13-18-26-40)33-37(5)44-34-49(30-19-14-20-31-49)35-45(44)48(52)42(21-9-3)39-23-15-12-16-24-39/h36-48,50-52H,7-35H2,1-6H3/t36-,37-,38?,41+,42?,43?,44+,45?,46?,47?,48?/m1/s1. The molecule has 3 heteroatoms. The minimum absolute atomic E-state index is 0.131. The zero-order valence-corrected chi connectivity index (χ0v) is 35.9. The minimum Gasteiger partial charge on any atom is -0.393 e. The Balaban J connectivity index is 1.41. The van der Waals surface area contributed by atoms with Crippen LogP contribution in [0.1, 0.15) is 228 Å². The molecule has 7 unspecified atom stereocenters. The molecule has 0 saturated heterocycles. The van der Waals surface area contributed by atoms with Crippen molar-refractivity contribution < 1.29 is 15.3 Å². The first-order valence-corrected chi connectivity index (χ1v) is 24.2. The molecule has 0 aromatic carbocycles. The third-order valence-electron chi connectivity index (χ3n) is 16.5. The average Bonchev–Trinajstić information content (AvgIpc) is 3.54. The van der Waals surface area contributed by atoms with Crippen molar-refractivity contribution >= 4 is 0 Å². The minimum atomic E-state index is -0.246. The van der Waals surface area contributed by atoms with Crippen LogP contribution >= 0.6 is 0 Å². The summed E-state index contributed by atoms with van der Waals surface area (Å²) in [5.74, 6) is 5.46. The molecule has 4 aliphatic carbocycles. The van der Waals surface area contributed by atoms with Crippen molar-refractivity contribution in [1.82, 2.24) is 0 Å². The fourth-order valence-electron chi connectivity index (χ4n) is 13.2. The smallest absolute Gasteiger partial charge is 0.0602 e. The molecule has 4 fully saturated rings. The van der Waals surface area contributed by atoms with Crippen molar-refractivity contribution in [3.05, 3.63) is 0 Å². The Hall–Kier alpha value is -0.120. The number of aliphatic hydroxyl groups is 3. The highest BCUT2D eigenvalue weighted by molar-refractivity contribution is 5.01. The van der Waals surface area contributed by atoms with Crippen molar-refractivity contribution in [3.8, 4) is 0 Å². The summed E-state index contributed by atoms with van der Waals surface area (Å²) in [5.41, 5.74) is 0.478. The maximum absolute atomic E-state index is 12.5. The van der Waals surface area contributed by atoms with E-state index in [1.165, 1.54) is 148 Å². The van der Waals surface area contributed by atoms with E-state index >= 15 is 0 Å². The number of unbranched alkanes of at least 4 members (excludes halogenated alkanes) is 2. The summed E-state index contributed by atoms with van der Waals surface area (Å²) in [6.07, 6.45) is 36.2. The van der Waals surface area contributed by atoms with Crippen molar-refractivity contribution in [2.45, 2.75) is 246 Å². The molecule has 1 spiro atoms. The summed E-state index contributed by atoms with van der Waals surface area (Å²) in [6, 6.07) is 0. The molecule has 0 aromatic heterocycles. The summed E-state index contributed by atoms with van der Waals surface area (Å²) in [4.78, 5) is 0. The van der Waals surface area contributed by atoms with E-state index in [-0.39, 0.29) is 18.3 Å². The number of hydrogen-bond donors (Lipinski definition) is 3. The summed E-state index contributed by atoms with van der Waals surface area (Å²) >= 11 is 0. The molecule has 0 amide bonds. The topological polar surface area (TPSA) is 60.7 Å². The SMILES string of the molecule is CCCCC(O)C(C[C@H](C)CCC(O)C(C)[C@@H](CCCC)C[C@@H](C)[C@@H]1CC2(CCCCC2)CC1C(O)C(CCC)C1CCCCC1)C1CCCCC1. The van der Waals surface area contributed by atoms with Gasteiger partial charge in [-0.1, -0.05) is 164 Å². The van der Waals surface area contributed by atoms with Gasteiger partial charge in [-0.25, -0.2) is 0 Å². The molecule has 0 aliphatic heterocycles. The second-order valence-electron chi connectivity index (χ2n) is 20.4. The van der Waals surface area contributed by atoms with Gasteiger partial charge in [0.2, 0.25) is 0 Å². The molecule has 306 valence electrons. The van der Waals surface area contributed by atoms with Crippen LogP contribution in [-0.2, 0) is 0 Å². The first kappa shape index (κ1) is 44.6. The maximum Gasteiger partial charge on any atom is 0.0602 e. The number of rotatable bonds is 23. The van der Waals surface area contributed by atoms with Gasteiger partial charge in [-0.3, -0.25) is 0 Å². The Labute approximate surface area is 325 Å². The fraction of sp³-hybridized carbons (Fsp3) is 1.00. The zero-order valence-electron chi connectivity index (χ0n) is 35.9. The highest BCUT2D eigenvalue weighted by Gasteiger charge is 2.51. The lowest BCUT2D eigenvalue weighted by Gasteiger charge is -2.40. The van der Waals surface area contributed by atoms with Crippen molar-refractivity contribution in [3.63, 3.8) is 0 Å². The van der Waals surface area contributed by atoms with E-state index in [0.29, 0.717) is 58.7 Å². The molecule has 0 heterocycles. The normalized spacial score (nSPS) is 28.6. The lowest BCUT2D eigenvalue weighted by atomic mass is 9.68. The van der Waals surface area contributed by atoms with Gasteiger partial charge in [-0.15, -0.1) is 0 Å². The van der Waals surface area contributed by atoms with Crippen LogP contribution in [0.3, 0.4) is 0 Å². The molecule has 4 aliphatic rings. The summed E-state index contributed by atoms with van der Waals surface area (Å²) in [5, 5.41) is 35.7. The van der Waals surface area contributed by atoms with E-state index in [1.54, 1.807) is 0 Å². The van der Waals surface area contributed by atoms with Gasteiger partial charge < -0.3 is 15.3 Å². The van der Waals surface area contributed by atoms with Crippen LogP contribution in [0.15, 0.2) is 0 Å². The van der Waals surface area contributed by atoms with Gasteiger partial charge in [0, 0.05) is 0 Å². The van der Waals surface area contributed by atoms with Gasteiger partial charge in [0.1, 0.15) is 0 Å². The monoisotopic (exact) mass is 729 g/mol. The molecule has 4 saturated carbocycles. The van der Waals surface area contributed by atoms with E-state index in [0.717, 1.165) is 44.4 Å². The van der Waals surface area contributed by atoms with E-state index < -0.39 is 0 Å². The third-order valence-corrected chi connectivity index (χ3v) is 16.5. The molecule has 11 atom stereocenters. The molecule has 4 rings (SSSR count). The third kappa shape index (κ3) is 13.0. The summed E-state index contributed by atoms with van der Waals surface area (Å²) in [7, 11) is 0. The van der Waals surface area contributed by atoms with Crippen molar-refractivity contribution in [2.24, 2.45) is 64.6 Å². The molecular formula is C49H92O3. The number of aliphatic hydroxyl groups excluding tert-OH is 3. The van der Waals surface area contributed by atoms with E-state index in [4.69, 9.17) is 0 Å². The van der Waals surface area contributed by atoms with Crippen LogP contribution in [0.4, 0.5) is 0 Å². The van der Waals surface area contributed by atoms with Crippen LogP contribution in [0.25, 0.3) is 0 Å². The molecule has 3 N–H and O–H groups in total. The van der Waals surface area contributed by atoms with Crippen LogP contribution in [-0.4, -0.2) is 33.6 Å². The summed E-state index contributed by atoms with van der Waals surface area (Å²) < 4.78 is 0. The van der Waals surface area contributed by atoms with E-state index in [1.807, 2.05) is 0 Å². The Morgan fingerprint density at radius 1 is 0.538 bits per heavy atom. The predicted octanol–water partition coefficient (Wildman–Crippen LogP) is 13.7. The first-order valence-electron chi connectivity index (χ1n) is 24.2. The Kier molecular flexibility index (Phi) is 19.9. The molecule has 3 nitrogen and oxygen atoms in total. The van der Waals surface area contributed by atoms with Crippen LogP contribution in [0, 0.1) is 64.6 Å². The zero-order chi connectivity index (χ0) is 37.5. The lowest BCUT2D eigenvalue weighted by molar-refractivity contribution is -0.0181. The predicted molar refractivity (Wildman–Crippen MR) is 223 cm³/mol. The van der Waals surface area contributed by atoms with Crippen LogP contribution < -0.4 is 0 Å². The molecule has 0 aromatic rings. The molecule has 0 radical (unpaired) electrons. The van der Waals surface area contributed by atoms with Crippen molar-refractivity contribution in [2.75, 3.05) is 0 Å². The van der Waals surface area contributed by atoms with Gasteiger partial charge in [0.25, 0.3) is 0 Å². The highest BCUT2D eigenvalue weighted by atomic mass is 16.3. The van der Waals surface area contributed by atoms with Crippen LogP contribution in [0.5, 0.6) is 0 Å². The number of hydrogen-bond acceptors (Lipinski definition) is 3. The second-order valence-corrected chi connectivity index (χ2v) is 20.4. The second kappa shape index (κ2) is 23.2. The van der Waals surface area contributed by atoms with Crippen LogP contribution in [0.2, 0.25) is 0 Å². The van der Waals surface area contributed by atoms with E-state index in [9.17, 15) is 15.3 Å². The highest BCUT2D eigenvalue weighted by Crippen LogP contribution is 2.58. The maximum atomic E-state index is 12.5. The lowest BCUT2D eigenvalue weighted by Crippen LogP contribution is -2.39. The average molecular weight is 729 g/mol. The van der Waals surface area contributed by atoms with Gasteiger partial charge in [0.05, 0.1) is 18.3 Å². The van der Waals surface area contributed by atoms with Gasteiger partial charge in [-0.05, 0) is 129 Å².